The van der Waals surface area contributed by atoms with Gasteiger partial charge in [0.05, 0.1) is 0 Å². The molecule has 24 heavy (non-hydrogen) atoms. The van der Waals surface area contributed by atoms with E-state index in [0.29, 0.717) is 6.42 Å². The lowest BCUT2D eigenvalue weighted by Crippen LogP contribution is -2.28. The van der Waals surface area contributed by atoms with Crippen molar-refractivity contribution in [2.45, 2.75) is 44.5 Å². The van der Waals surface area contributed by atoms with Crippen LogP contribution in [0.3, 0.4) is 0 Å². The quantitative estimate of drug-likeness (QED) is 0.763. The van der Waals surface area contributed by atoms with Crippen molar-refractivity contribution in [3.05, 3.63) is 34.9 Å². The maximum Gasteiger partial charge on any atom is 0.270 e. The Hall–Kier alpha value is -1.84. The number of carbonyl (C=O) groups is 1. The molecule has 9 heteroatoms. The summed E-state index contributed by atoms with van der Waals surface area (Å²) >= 11 is 0.817. The van der Waals surface area contributed by atoms with E-state index in [1.807, 2.05) is 39.0 Å². The van der Waals surface area contributed by atoms with E-state index >= 15 is 0 Å². The van der Waals surface area contributed by atoms with Gasteiger partial charge < -0.3 is 5.32 Å². The van der Waals surface area contributed by atoms with Gasteiger partial charge in [-0.1, -0.05) is 36.5 Å². The summed E-state index contributed by atoms with van der Waals surface area (Å²) in [6.07, 6.45) is 0.596. The Labute approximate surface area is 145 Å². The molecule has 0 fully saturated rings. The van der Waals surface area contributed by atoms with Crippen LogP contribution < -0.4 is 10.0 Å². The highest BCUT2D eigenvalue weighted by Crippen LogP contribution is 2.25. The lowest BCUT2D eigenvalue weighted by Gasteiger charge is -2.17. The van der Waals surface area contributed by atoms with Gasteiger partial charge in [0, 0.05) is 13.0 Å². The van der Waals surface area contributed by atoms with Crippen LogP contribution in [0.1, 0.15) is 43.0 Å². The number of hydrogen-bond donors (Lipinski definition) is 2. The molecule has 0 bridgehead atoms. The molecule has 130 valence electrons. The van der Waals surface area contributed by atoms with Crippen LogP contribution in [0.15, 0.2) is 22.5 Å². The fourth-order valence-corrected chi connectivity index (χ4v) is 4.40. The SMILES string of the molecule is CC[C@H](NS(=O)(=O)c1nnc(NC(C)=O)s1)c1ccc(C)c(C)c1. The van der Waals surface area contributed by atoms with E-state index < -0.39 is 10.0 Å². The zero-order valence-electron chi connectivity index (χ0n) is 14.0. The summed E-state index contributed by atoms with van der Waals surface area (Å²) in [7, 11) is -3.81. The first-order chi connectivity index (χ1) is 11.2. The Morgan fingerprint density at radius 3 is 2.54 bits per heavy atom. The number of nitrogens with one attached hydrogen (secondary N) is 2. The van der Waals surface area contributed by atoms with E-state index in [4.69, 9.17) is 0 Å². The molecule has 0 radical (unpaired) electrons. The second kappa shape index (κ2) is 7.37. The van der Waals surface area contributed by atoms with Crippen LogP contribution in [-0.2, 0) is 14.8 Å². The Kier molecular flexibility index (Phi) is 5.68. The zero-order chi connectivity index (χ0) is 17.9. The fraction of sp³-hybridized carbons (Fsp3) is 0.400. The molecular formula is C15H20N4O3S2. The number of aryl methyl sites for hydroxylation is 2. The third-order valence-corrected chi connectivity index (χ3v) is 6.24. The molecule has 2 N–H and O–H groups in total. The van der Waals surface area contributed by atoms with Gasteiger partial charge in [0.1, 0.15) is 0 Å². The van der Waals surface area contributed by atoms with Crippen LogP contribution in [0.5, 0.6) is 0 Å². The second-order valence-corrected chi connectivity index (χ2v) is 8.35. The molecule has 1 aromatic heterocycles. The minimum Gasteiger partial charge on any atom is -0.301 e. The molecule has 0 saturated carbocycles. The molecule has 0 unspecified atom stereocenters. The van der Waals surface area contributed by atoms with Gasteiger partial charge in [-0.15, -0.1) is 10.2 Å². The van der Waals surface area contributed by atoms with E-state index in [1.165, 1.54) is 6.92 Å². The van der Waals surface area contributed by atoms with Crippen LogP contribution in [0.25, 0.3) is 0 Å². The molecule has 0 aliphatic rings. The second-order valence-electron chi connectivity index (χ2n) is 5.48. The topological polar surface area (TPSA) is 101 Å². The highest BCUT2D eigenvalue weighted by atomic mass is 32.2. The zero-order valence-corrected chi connectivity index (χ0v) is 15.6. The van der Waals surface area contributed by atoms with E-state index in [9.17, 15) is 13.2 Å². The molecule has 2 aromatic rings. The number of aromatic nitrogens is 2. The van der Waals surface area contributed by atoms with Gasteiger partial charge in [0.2, 0.25) is 15.4 Å². The average molecular weight is 368 g/mol. The largest absolute Gasteiger partial charge is 0.301 e. The van der Waals surface area contributed by atoms with Crippen molar-refractivity contribution in [1.29, 1.82) is 0 Å². The number of hydrogen-bond acceptors (Lipinski definition) is 6. The van der Waals surface area contributed by atoms with Crippen LogP contribution in [-0.4, -0.2) is 24.5 Å². The third kappa shape index (κ3) is 4.37. The first kappa shape index (κ1) is 18.5. The summed E-state index contributed by atoms with van der Waals surface area (Å²) in [6.45, 7) is 7.23. The Morgan fingerprint density at radius 1 is 1.25 bits per heavy atom. The van der Waals surface area contributed by atoms with E-state index in [2.05, 4.69) is 20.2 Å². The molecular weight excluding hydrogens is 348 g/mol. The Balaban J connectivity index is 2.23. The lowest BCUT2D eigenvalue weighted by atomic mass is 10.0. The van der Waals surface area contributed by atoms with Crippen molar-refractivity contribution in [1.82, 2.24) is 14.9 Å². The molecule has 0 spiro atoms. The molecule has 2 rings (SSSR count). The smallest absolute Gasteiger partial charge is 0.270 e. The molecule has 0 saturated heterocycles. The van der Waals surface area contributed by atoms with E-state index in [-0.39, 0.29) is 21.4 Å². The molecule has 0 aliphatic carbocycles. The first-order valence-electron chi connectivity index (χ1n) is 7.43. The Morgan fingerprint density at radius 2 is 1.96 bits per heavy atom. The standard InChI is InChI=1S/C15H20N4O3S2/c1-5-13(12-7-6-9(2)10(3)8-12)19-24(21,22)15-18-17-14(23-15)16-11(4)20/h6-8,13,19H,5H2,1-4H3,(H,16,17,20)/t13-/m0/s1. The summed E-state index contributed by atoms with van der Waals surface area (Å²) < 4.78 is 27.5. The van der Waals surface area contributed by atoms with Gasteiger partial charge in [-0.05, 0) is 37.0 Å². The molecule has 0 aliphatic heterocycles. The first-order valence-corrected chi connectivity index (χ1v) is 9.73. The molecule has 7 nitrogen and oxygen atoms in total. The fourth-order valence-electron chi connectivity index (χ4n) is 2.13. The summed E-state index contributed by atoms with van der Waals surface area (Å²) in [5.41, 5.74) is 3.16. The van der Waals surface area contributed by atoms with Crippen LogP contribution in [0, 0.1) is 13.8 Å². The molecule has 1 atom stereocenters. The monoisotopic (exact) mass is 368 g/mol. The average Bonchev–Trinajstić information content (AvgIpc) is 2.96. The van der Waals surface area contributed by atoms with Gasteiger partial charge in [-0.25, -0.2) is 13.1 Å². The predicted octanol–water partition coefficient (Wildman–Crippen LogP) is 2.54. The minimum atomic E-state index is -3.81. The normalized spacial score (nSPS) is 12.8. The minimum absolute atomic E-state index is 0.155. The van der Waals surface area contributed by atoms with Crippen molar-refractivity contribution < 1.29 is 13.2 Å². The maximum atomic E-state index is 12.5. The molecule has 1 heterocycles. The highest BCUT2D eigenvalue weighted by Gasteiger charge is 2.24. The summed E-state index contributed by atoms with van der Waals surface area (Å²) in [4.78, 5) is 11.0. The van der Waals surface area contributed by atoms with Gasteiger partial charge in [0.25, 0.3) is 10.0 Å². The predicted molar refractivity (Wildman–Crippen MR) is 93.5 cm³/mol. The van der Waals surface area contributed by atoms with Crippen LogP contribution in [0.2, 0.25) is 0 Å². The van der Waals surface area contributed by atoms with Gasteiger partial charge >= 0.3 is 0 Å². The van der Waals surface area contributed by atoms with Crippen molar-refractivity contribution >= 4 is 32.4 Å². The number of benzene rings is 1. The summed E-state index contributed by atoms with van der Waals surface area (Å²) in [5.74, 6) is -0.329. The van der Waals surface area contributed by atoms with Gasteiger partial charge in [-0.2, -0.15) is 0 Å². The number of amides is 1. The number of carbonyl (C=O) groups excluding carboxylic acids is 1. The van der Waals surface area contributed by atoms with Crippen LogP contribution in [0.4, 0.5) is 5.13 Å². The highest BCUT2D eigenvalue weighted by molar-refractivity contribution is 7.91. The van der Waals surface area contributed by atoms with Crippen LogP contribution >= 0.6 is 11.3 Å². The lowest BCUT2D eigenvalue weighted by molar-refractivity contribution is -0.114. The number of rotatable bonds is 6. The van der Waals surface area contributed by atoms with Crippen molar-refractivity contribution in [2.75, 3.05) is 5.32 Å². The summed E-state index contributed by atoms with van der Waals surface area (Å²) in [6, 6.07) is 5.51. The number of anilines is 1. The number of sulfonamides is 1. The molecule has 1 amide bonds. The third-order valence-electron chi connectivity index (χ3n) is 3.56. The van der Waals surface area contributed by atoms with Crippen molar-refractivity contribution in [3.8, 4) is 0 Å². The van der Waals surface area contributed by atoms with Gasteiger partial charge in [0.15, 0.2) is 0 Å². The Bertz CT molecular complexity index is 846. The van der Waals surface area contributed by atoms with E-state index in [0.717, 1.165) is 28.0 Å². The van der Waals surface area contributed by atoms with Crippen molar-refractivity contribution in [2.24, 2.45) is 0 Å². The van der Waals surface area contributed by atoms with E-state index in [1.54, 1.807) is 0 Å². The van der Waals surface area contributed by atoms with Gasteiger partial charge in [-0.3, -0.25) is 4.79 Å². The maximum absolute atomic E-state index is 12.5. The number of nitrogens with zero attached hydrogens (tertiary/aromatic N) is 2. The molecule has 1 aromatic carbocycles. The summed E-state index contributed by atoms with van der Waals surface area (Å²) in [5, 5.41) is 9.91. The van der Waals surface area contributed by atoms with Crippen molar-refractivity contribution in [3.63, 3.8) is 0 Å².